The number of carbonyl (C=O) groups excluding carboxylic acids is 1. The lowest BCUT2D eigenvalue weighted by atomic mass is 9.93. The number of hydrogen-bond donors (Lipinski definition) is 1. The van der Waals surface area contributed by atoms with Crippen LogP contribution in [-0.4, -0.2) is 36.5 Å². The molecule has 2 rings (SSSR count). The lowest BCUT2D eigenvalue weighted by molar-refractivity contribution is -0.134. The summed E-state index contributed by atoms with van der Waals surface area (Å²) in [7, 11) is 0. The van der Waals surface area contributed by atoms with E-state index in [9.17, 15) is 4.79 Å². The Hall–Kier alpha value is -1.35. The molecule has 3 nitrogen and oxygen atoms in total. The molecule has 1 aromatic rings. The summed E-state index contributed by atoms with van der Waals surface area (Å²) < 4.78 is 0. The molecule has 1 amide bonds. The first-order valence-corrected chi connectivity index (χ1v) is 8.09. The number of carbonyl (C=O) groups is 1. The van der Waals surface area contributed by atoms with Gasteiger partial charge in [0.2, 0.25) is 5.91 Å². The highest BCUT2D eigenvalue weighted by atomic mass is 16.2. The van der Waals surface area contributed by atoms with Crippen LogP contribution in [0.5, 0.6) is 0 Å². The number of hydrogen-bond acceptors (Lipinski definition) is 2. The molecular weight excluding hydrogens is 260 g/mol. The molecule has 1 saturated heterocycles. The number of benzene rings is 1. The number of nitrogens with one attached hydrogen (secondary N) is 1. The summed E-state index contributed by atoms with van der Waals surface area (Å²) in [4.78, 5) is 14.5. The Bertz CT molecular complexity index is 467. The van der Waals surface area contributed by atoms with Crippen LogP contribution in [0.2, 0.25) is 0 Å². The molecular formula is C18H28N2O. The van der Waals surface area contributed by atoms with E-state index >= 15 is 0 Å². The van der Waals surface area contributed by atoms with Crippen molar-refractivity contribution in [2.75, 3.05) is 19.6 Å². The van der Waals surface area contributed by atoms with Crippen LogP contribution >= 0.6 is 0 Å². The van der Waals surface area contributed by atoms with E-state index in [2.05, 4.69) is 57.3 Å². The molecule has 0 aromatic heterocycles. The Morgan fingerprint density at radius 1 is 1.24 bits per heavy atom. The van der Waals surface area contributed by atoms with Crippen LogP contribution in [0.25, 0.3) is 0 Å². The van der Waals surface area contributed by atoms with Gasteiger partial charge in [-0.3, -0.25) is 4.79 Å². The molecule has 1 aromatic carbocycles. The molecule has 1 aliphatic heterocycles. The molecule has 0 saturated carbocycles. The van der Waals surface area contributed by atoms with Gasteiger partial charge in [0.15, 0.2) is 0 Å². The number of amides is 1. The second-order valence-corrected chi connectivity index (χ2v) is 6.57. The molecule has 0 bridgehead atoms. The summed E-state index contributed by atoms with van der Waals surface area (Å²) in [5.74, 6) is 1.11. The maximum Gasteiger partial charge on any atom is 0.223 e. The SMILES string of the molecule is CC(C)c1ccc(C(C)CC(=O)N2CCNCC2C)cc1. The molecule has 116 valence electrons. The third-order valence-electron chi connectivity index (χ3n) is 4.47. The zero-order valence-electron chi connectivity index (χ0n) is 13.7. The molecule has 1 heterocycles. The summed E-state index contributed by atoms with van der Waals surface area (Å²) in [6.07, 6.45) is 0.603. The van der Waals surface area contributed by atoms with Crippen molar-refractivity contribution in [2.45, 2.75) is 52.0 Å². The second kappa shape index (κ2) is 7.08. The van der Waals surface area contributed by atoms with E-state index in [1.54, 1.807) is 0 Å². The minimum Gasteiger partial charge on any atom is -0.337 e. The number of rotatable bonds is 4. The van der Waals surface area contributed by atoms with Gasteiger partial charge in [0.25, 0.3) is 0 Å². The first-order chi connectivity index (χ1) is 9.99. The minimum absolute atomic E-state index is 0.279. The van der Waals surface area contributed by atoms with Crippen molar-refractivity contribution in [3.8, 4) is 0 Å². The topological polar surface area (TPSA) is 32.3 Å². The van der Waals surface area contributed by atoms with Crippen LogP contribution in [0.3, 0.4) is 0 Å². The van der Waals surface area contributed by atoms with Gasteiger partial charge >= 0.3 is 0 Å². The lowest BCUT2D eigenvalue weighted by Crippen LogP contribution is -2.52. The Kier molecular flexibility index (Phi) is 5.40. The van der Waals surface area contributed by atoms with E-state index < -0.39 is 0 Å². The molecule has 0 spiro atoms. The van der Waals surface area contributed by atoms with Crippen LogP contribution < -0.4 is 5.32 Å². The van der Waals surface area contributed by atoms with Gasteiger partial charge in [-0.15, -0.1) is 0 Å². The largest absolute Gasteiger partial charge is 0.337 e. The van der Waals surface area contributed by atoms with Gasteiger partial charge in [0.1, 0.15) is 0 Å². The van der Waals surface area contributed by atoms with Gasteiger partial charge in [-0.25, -0.2) is 0 Å². The Balaban J connectivity index is 1.96. The predicted molar refractivity (Wildman–Crippen MR) is 87.6 cm³/mol. The highest BCUT2D eigenvalue weighted by Gasteiger charge is 2.24. The molecule has 3 heteroatoms. The smallest absolute Gasteiger partial charge is 0.223 e. The van der Waals surface area contributed by atoms with Gasteiger partial charge in [-0.2, -0.15) is 0 Å². The average molecular weight is 288 g/mol. The van der Waals surface area contributed by atoms with E-state index in [0.29, 0.717) is 18.4 Å². The summed E-state index contributed by atoms with van der Waals surface area (Å²) in [6.45, 7) is 11.3. The molecule has 2 unspecified atom stereocenters. The van der Waals surface area contributed by atoms with Crippen molar-refractivity contribution in [3.05, 3.63) is 35.4 Å². The molecule has 21 heavy (non-hydrogen) atoms. The summed E-state index contributed by atoms with van der Waals surface area (Å²) in [5, 5.41) is 3.33. The molecule has 1 aliphatic rings. The van der Waals surface area contributed by atoms with Crippen molar-refractivity contribution in [1.82, 2.24) is 10.2 Å². The standard InChI is InChI=1S/C18H28N2O/c1-13(2)16-5-7-17(8-6-16)14(3)11-18(21)20-10-9-19-12-15(20)4/h5-8,13-15,19H,9-12H2,1-4H3. The zero-order valence-corrected chi connectivity index (χ0v) is 13.7. The third kappa shape index (κ3) is 4.07. The normalized spacial score (nSPS) is 20.6. The van der Waals surface area contributed by atoms with Crippen molar-refractivity contribution in [1.29, 1.82) is 0 Å². The monoisotopic (exact) mass is 288 g/mol. The highest BCUT2D eigenvalue weighted by Crippen LogP contribution is 2.23. The average Bonchev–Trinajstić information content (AvgIpc) is 2.47. The summed E-state index contributed by atoms with van der Waals surface area (Å²) in [5.41, 5.74) is 2.61. The minimum atomic E-state index is 0.279. The van der Waals surface area contributed by atoms with Gasteiger partial charge in [-0.05, 0) is 29.9 Å². The quantitative estimate of drug-likeness (QED) is 0.923. The van der Waals surface area contributed by atoms with Crippen LogP contribution in [0, 0.1) is 0 Å². The van der Waals surface area contributed by atoms with Crippen molar-refractivity contribution in [3.63, 3.8) is 0 Å². The predicted octanol–water partition coefficient (Wildman–Crippen LogP) is 3.12. The first-order valence-electron chi connectivity index (χ1n) is 8.09. The number of nitrogens with zero attached hydrogens (tertiary/aromatic N) is 1. The van der Waals surface area contributed by atoms with Crippen LogP contribution in [0.1, 0.15) is 57.1 Å². The lowest BCUT2D eigenvalue weighted by Gasteiger charge is -2.34. The molecule has 2 atom stereocenters. The molecule has 1 fully saturated rings. The van der Waals surface area contributed by atoms with Gasteiger partial charge in [-0.1, -0.05) is 45.0 Å². The second-order valence-electron chi connectivity index (χ2n) is 6.57. The Morgan fingerprint density at radius 3 is 2.43 bits per heavy atom. The maximum absolute atomic E-state index is 12.5. The van der Waals surface area contributed by atoms with Gasteiger partial charge < -0.3 is 10.2 Å². The Morgan fingerprint density at radius 2 is 1.86 bits per heavy atom. The summed E-state index contributed by atoms with van der Waals surface area (Å²) >= 11 is 0. The van der Waals surface area contributed by atoms with Crippen molar-refractivity contribution < 1.29 is 4.79 Å². The van der Waals surface area contributed by atoms with E-state index in [0.717, 1.165) is 19.6 Å². The molecule has 0 aliphatic carbocycles. The van der Waals surface area contributed by atoms with E-state index in [1.807, 2.05) is 4.90 Å². The highest BCUT2D eigenvalue weighted by molar-refractivity contribution is 5.77. The van der Waals surface area contributed by atoms with E-state index in [1.165, 1.54) is 11.1 Å². The van der Waals surface area contributed by atoms with Crippen LogP contribution in [0.15, 0.2) is 24.3 Å². The zero-order chi connectivity index (χ0) is 15.4. The fraction of sp³-hybridized carbons (Fsp3) is 0.611. The fourth-order valence-corrected chi connectivity index (χ4v) is 2.92. The van der Waals surface area contributed by atoms with Crippen molar-refractivity contribution in [2.24, 2.45) is 0 Å². The van der Waals surface area contributed by atoms with E-state index in [4.69, 9.17) is 0 Å². The fourth-order valence-electron chi connectivity index (χ4n) is 2.92. The first kappa shape index (κ1) is 16.0. The van der Waals surface area contributed by atoms with Gasteiger partial charge in [0.05, 0.1) is 0 Å². The van der Waals surface area contributed by atoms with Gasteiger partial charge in [0, 0.05) is 32.1 Å². The number of piperazine rings is 1. The molecule has 0 radical (unpaired) electrons. The maximum atomic E-state index is 12.5. The Labute approximate surface area is 128 Å². The molecule has 1 N–H and O–H groups in total. The van der Waals surface area contributed by atoms with Crippen LogP contribution in [0.4, 0.5) is 0 Å². The summed E-state index contributed by atoms with van der Waals surface area (Å²) in [6, 6.07) is 9.04. The van der Waals surface area contributed by atoms with Crippen LogP contribution in [-0.2, 0) is 4.79 Å². The third-order valence-corrected chi connectivity index (χ3v) is 4.47. The van der Waals surface area contributed by atoms with Crippen molar-refractivity contribution >= 4 is 5.91 Å². The van der Waals surface area contributed by atoms with E-state index in [-0.39, 0.29) is 11.8 Å².